The van der Waals surface area contributed by atoms with Crippen LogP contribution in [0.2, 0.25) is 0 Å². The van der Waals surface area contributed by atoms with Gasteiger partial charge in [0.2, 0.25) is 0 Å². The lowest BCUT2D eigenvalue weighted by molar-refractivity contribution is -0.384. The Morgan fingerprint density at radius 3 is 2.62 bits per heavy atom. The molecule has 21 heavy (non-hydrogen) atoms. The Labute approximate surface area is 136 Å². The van der Waals surface area contributed by atoms with E-state index < -0.39 is 0 Å². The highest BCUT2D eigenvalue weighted by atomic mass is 127. The summed E-state index contributed by atoms with van der Waals surface area (Å²) in [6.45, 7) is 0.581. The molecular weight excluding hydrogens is 381 g/mol. The molecule has 0 aromatic heterocycles. The Morgan fingerprint density at radius 2 is 1.95 bits per heavy atom. The van der Waals surface area contributed by atoms with Crippen LogP contribution in [0.1, 0.15) is 18.0 Å². The highest BCUT2D eigenvalue weighted by Gasteiger charge is 2.14. The molecule has 0 radical (unpaired) electrons. The molecule has 0 aliphatic rings. The molecule has 2 rings (SSSR count). The summed E-state index contributed by atoms with van der Waals surface area (Å²) < 4.78 is 0.839. The van der Waals surface area contributed by atoms with Crippen molar-refractivity contribution < 1.29 is 4.92 Å². The molecule has 0 saturated carbocycles. The Balaban J connectivity index is 1.96. The third kappa shape index (κ3) is 4.40. The lowest BCUT2D eigenvalue weighted by atomic mass is 10.1. The van der Waals surface area contributed by atoms with Crippen molar-refractivity contribution >= 4 is 34.0 Å². The van der Waals surface area contributed by atoms with Crippen LogP contribution in [0.4, 0.5) is 11.4 Å². The second-order valence-electron chi connectivity index (χ2n) is 4.65. The molecule has 0 amide bonds. The van der Waals surface area contributed by atoms with Crippen molar-refractivity contribution in [3.8, 4) is 0 Å². The van der Waals surface area contributed by atoms with Gasteiger partial charge in [-0.25, -0.2) is 0 Å². The van der Waals surface area contributed by atoms with E-state index in [9.17, 15) is 10.1 Å². The zero-order valence-electron chi connectivity index (χ0n) is 11.3. The summed E-state index contributed by atoms with van der Waals surface area (Å²) in [7, 11) is 0. The average Bonchev–Trinajstić information content (AvgIpc) is 2.49. The number of nitro benzene ring substituents is 1. The molecule has 2 aromatic rings. The normalized spacial score (nSPS) is 11.9. The van der Waals surface area contributed by atoms with E-state index in [1.165, 1.54) is 0 Å². The number of nitrogens with two attached hydrogens (primary N) is 1. The van der Waals surface area contributed by atoms with Gasteiger partial charge in [-0.15, -0.1) is 0 Å². The van der Waals surface area contributed by atoms with Crippen molar-refractivity contribution in [2.45, 2.75) is 12.5 Å². The van der Waals surface area contributed by atoms with E-state index in [2.05, 4.69) is 27.9 Å². The van der Waals surface area contributed by atoms with Gasteiger partial charge in [0.1, 0.15) is 5.69 Å². The molecule has 0 aliphatic heterocycles. The van der Waals surface area contributed by atoms with Crippen LogP contribution in [0.25, 0.3) is 0 Å². The van der Waals surface area contributed by atoms with E-state index in [0.29, 0.717) is 18.7 Å². The van der Waals surface area contributed by atoms with Gasteiger partial charge in [-0.3, -0.25) is 10.1 Å². The van der Waals surface area contributed by atoms with Gasteiger partial charge in [-0.05, 0) is 46.7 Å². The Morgan fingerprint density at radius 1 is 1.24 bits per heavy atom. The highest BCUT2D eigenvalue weighted by Crippen LogP contribution is 2.26. The second kappa shape index (κ2) is 7.37. The molecule has 0 fully saturated rings. The van der Waals surface area contributed by atoms with E-state index in [4.69, 9.17) is 5.73 Å². The lowest BCUT2D eigenvalue weighted by Gasteiger charge is -2.13. The number of nitrogens with zero attached hydrogens (tertiary/aromatic N) is 1. The van der Waals surface area contributed by atoms with Crippen molar-refractivity contribution in [1.29, 1.82) is 0 Å². The van der Waals surface area contributed by atoms with Gasteiger partial charge >= 0.3 is 0 Å². The Bertz CT molecular complexity index is 620. The predicted molar refractivity (Wildman–Crippen MR) is 92.3 cm³/mol. The zero-order chi connectivity index (χ0) is 15.2. The van der Waals surface area contributed by atoms with Crippen LogP contribution in [0, 0.1) is 13.7 Å². The minimum absolute atomic E-state index is 0.0818. The van der Waals surface area contributed by atoms with Crippen LogP contribution in [0.15, 0.2) is 48.5 Å². The minimum atomic E-state index is -0.373. The molecule has 2 aromatic carbocycles. The van der Waals surface area contributed by atoms with Crippen molar-refractivity contribution in [2.75, 3.05) is 11.9 Å². The number of halogens is 1. The van der Waals surface area contributed by atoms with Crippen molar-refractivity contribution in [1.82, 2.24) is 0 Å². The van der Waals surface area contributed by atoms with Crippen molar-refractivity contribution in [3.63, 3.8) is 0 Å². The quantitative estimate of drug-likeness (QED) is 0.443. The van der Waals surface area contributed by atoms with Gasteiger partial charge in [0.15, 0.2) is 0 Å². The molecule has 1 unspecified atom stereocenters. The SMILES string of the molecule is NC(CCNc1ccc(I)cc1[N+](=O)[O-])c1ccccc1. The first-order valence-electron chi connectivity index (χ1n) is 6.56. The number of anilines is 1. The summed E-state index contributed by atoms with van der Waals surface area (Å²) in [4.78, 5) is 10.7. The first kappa shape index (κ1) is 15.7. The van der Waals surface area contributed by atoms with Gasteiger partial charge < -0.3 is 11.1 Å². The molecule has 0 aliphatic carbocycles. The number of hydrogen-bond donors (Lipinski definition) is 2. The molecular formula is C15H16IN3O2. The summed E-state index contributed by atoms with van der Waals surface area (Å²) in [6, 6.07) is 14.9. The van der Waals surface area contributed by atoms with E-state index in [0.717, 1.165) is 9.13 Å². The van der Waals surface area contributed by atoms with Gasteiger partial charge in [0.25, 0.3) is 5.69 Å². The van der Waals surface area contributed by atoms with E-state index in [1.807, 2.05) is 36.4 Å². The first-order chi connectivity index (χ1) is 10.1. The van der Waals surface area contributed by atoms with Gasteiger partial charge in [-0.2, -0.15) is 0 Å². The fraction of sp³-hybridized carbons (Fsp3) is 0.200. The molecule has 3 N–H and O–H groups in total. The van der Waals surface area contributed by atoms with Crippen LogP contribution in [0.3, 0.4) is 0 Å². The fourth-order valence-corrected chi connectivity index (χ4v) is 2.51. The number of nitrogens with one attached hydrogen (secondary N) is 1. The largest absolute Gasteiger partial charge is 0.379 e. The average molecular weight is 397 g/mol. The summed E-state index contributed by atoms with van der Waals surface area (Å²) in [5, 5.41) is 14.1. The van der Waals surface area contributed by atoms with Crippen molar-refractivity contribution in [3.05, 3.63) is 67.8 Å². The topological polar surface area (TPSA) is 81.2 Å². The molecule has 0 spiro atoms. The van der Waals surface area contributed by atoms with E-state index in [1.54, 1.807) is 12.1 Å². The van der Waals surface area contributed by atoms with Crippen LogP contribution in [0.5, 0.6) is 0 Å². The zero-order valence-corrected chi connectivity index (χ0v) is 13.5. The standard InChI is InChI=1S/C15H16IN3O2/c16-12-6-7-14(15(10-12)19(20)21)18-9-8-13(17)11-4-2-1-3-5-11/h1-7,10,13,18H,8-9,17H2. The maximum Gasteiger partial charge on any atom is 0.293 e. The predicted octanol–water partition coefficient (Wildman–Crippen LogP) is 3.70. The number of benzene rings is 2. The molecule has 0 bridgehead atoms. The fourth-order valence-electron chi connectivity index (χ4n) is 2.03. The Hall–Kier alpha value is -1.67. The van der Waals surface area contributed by atoms with Gasteiger partial charge in [-0.1, -0.05) is 30.3 Å². The van der Waals surface area contributed by atoms with Gasteiger partial charge in [0, 0.05) is 22.2 Å². The Kier molecular flexibility index (Phi) is 5.51. The van der Waals surface area contributed by atoms with Crippen LogP contribution in [-0.4, -0.2) is 11.5 Å². The number of hydrogen-bond acceptors (Lipinski definition) is 4. The summed E-state index contributed by atoms with van der Waals surface area (Å²) >= 11 is 2.06. The van der Waals surface area contributed by atoms with Gasteiger partial charge in [0.05, 0.1) is 4.92 Å². The smallest absolute Gasteiger partial charge is 0.293 e. The maximum absolute atomic E-state index is 11.0. The van der Waals surface area contributed by atoms with E-state index >= 15 is 0 Å². The minimum Gasteiger partial charge on any atom is -0.379 e. The summed E-state index contributed by atoms with van der Waals surface area (Å²) in [5.41, 5.74) is 7.79. The molecule has 6 heteroatoms. The number of rotatable bonds is 6. The second-order valence-corrected chi connectivity index (χ2v) is 5.90. The van der Waals surface area contributed by atoms with Crippen LogP contribution in [-0.2, 0) is 0 Å². The monoisotopic (exact) mass is 397 g/mol. The summed E-state index contributed by atoms with van der Waals surface area (Å²) in [6.07, 6.45) is 0.702. The van der Waals surface area contributed by atoms with Crippen LogP contribution >= 0.6 is 22.6 Å². The molecule has 0 heterocycles. The van der Waals surface area contributed by atoms with Crippen LogP contribution < -0.4 is 11.1 Å². The number of nitro groups is 1. The molecule has 1 atom stereocenters. The van der Waals surface area contributed by atoms with E-state index in [-0.39, 0.29) is 16.7 Å². The summed E-state index contributed by atoms with van der Waals surface area (Å²) in [5.74, 6) is 0. The van der Waals surface area contributed by atoms with Crippen molar-refractivity contribution in [2.24, 2.45) is 5.73 Å². The highest BCUT2D eigenvalue weighted by molar-refractivity contribution is 14.1. The molecule has 0 saturated heterocycles. The third-order valence-corrected chi connectivity index (χ3v) is 3.83. The molecule has 110 valence electrons. The lowest BCUT2D eigenvalue weighted by Crippen LogP contribution is -2.15. The third-order valence-electron chi connectivity index (χ3n) is 3.15. The first-order valence-corrected chi connectivity index (χ1v) is 7.64. The maximum atomic E-state index is 11.0. The molecule has 5 nitrogen and oxygen atoms in total.